The van der Waals surface area contributed by atoms with Gasteiger partial charge in [-0.1, -0.05) is 0 Å². The molecule has 1 fully saturated rings. The number of nitrogens with one attached hydrogen (secondary N) is 1. The number of hydrogen-bond donors (Lipinski definition) is 1. The third kappa shape index (κ3) is 1.43. The van der Waals surface area contributed by atoms with E-state index < -0.39 is 0 Å². The number of ether oxygens (including phenoxy) is 1. The van der Waals surface area contributed by atoms with E-state index in [1.54, 1.807) is 0 Å². The normalized spacial score (nSPS) is 20.0. The molecule has 0 aromatic heterocycles. The van der Waals surface area contributed by atoms with Gasteiger partial charge in [0.05, 0.1) is 21.8 Å². The standard InChI is InChI=1S/C3H7NO.BH3/c1-2-5-3-4-1;/h4H,1-3H2;1H3. The molecule has 1 aliphatic rings. The van der Waals surface area contributed by atoms with Crippen molar-refractivity contribution in [3.63, 3.8) is 0 Å². The summed E-state index contributed by atoms with van der Waals surface area (Å²) in [7, 11) is 0. The van der Waals surface area contributed by atoms with Crippen molar-refractivity contribution in [3.05, 3.63) is 0 Å². The van der Waals surface area contributed by atoms with Crippen LogP contribution in [0.1, 0.15) is 0 Å². The maximum absolute atomic E-state index is 4.83. The van der Waals surface area contributed by atoms with Gasteiger partial charge in [-0.2, -0.15) is 0 Å². The van der Waals surface area contributed by atoms with E-state index in [-0.39, 0.29) is 8.41 Å². The highest BCUT2D eigenvalue weighted by molar-refractivity contribution is 5.75. The lowest BCUT2D eigenvalue weighted by atomic mass is 10.7. The average molecular weight is 86.9 g/mol. The van der Waals surface area contributed by atoms with Gasteiger partial charge in [-0.25, -0.2) is 0 Å². The lowest BCUT2D eigenvalue weighted by Gasteiger charge is -1.76. The number of hydrogen-bond acceptors (Lipinski definition) is 2. The van der Waals surface area contributed by atoms with E-state index in [0.29, 0.717) is 0 Å². The minimum atomic E-state index is 0. The van der Waals surface area contributed by atoms with Crippen LogP contribution in [0.25, 0.3) is 0 Å². The first-order valence-electron chi connectivity index (χ1n) is 1.78. The minimum Gasteiger partial charge on any atom is -0.365 e. The molecular formula is C3H10BNO. The van der Waals surface area contributed by atoms with Crippen molar-refractivity contribution in [1.29, 1.82) is 0 Å². The molecule has 1 rings (SSSR count). The molecule has 0 amide bonds. The second kappa shape index (κ2) is 3.19. The zero-order valence-electron chi connectivity index (χ0n) is 3.03. The Bertz CT molecular complexity index is 22.4. The molecule has 1 N–H and O–H groups in total. The fraction of sp³-hybridized carbons (Fsp3) is 1.00. The molecule has 0 unspecified atom stereocenters. The zero-order chi connectivity index (χ0) is 3.54. The van der Waals surface area contributed by atoms with E-state index in [1.165, 1.54) is 0 Å². The quantitative estimate of drug-likeness (QED) is 0.358. The van der Waals surface area contributed by atoms with Crippen LogP contribution in [0.5, 0.6) is 0 Å². The van der Waals surface area contributed by atoms with Gasteiger partial charge >= 0.3 is 0 Å². The van der Waals surface area contributed by atoms with E-state index in [2.05, 4.69) is 5.32 Å². The monoisotopic (exact) mass is 87.1 g/mol. The summed E-state index contributed by atoms with van der Waals surface area (Å²) >= 11 is 0. The predicted molar refractivity (Wildman–Crippen MR) is 28.8 cm³/mol. The van der Waals surface area contributed by atoms with Gasteiger partial charge in [0, 0.05) is 6.54 Å². The number of rotatable bonds is 0. The summed E-state index contributed by atoms with van der Waals surface area (Å²) < 4.78 is 4.83. The Morgan fingerprint density at radius 2 is 2.33 bits per heavy atom. The molecule has 0 spiro atoms. The van der Waals surface area contributed by atoms with Gasteiger partial charge in [0.15, 0.2) is 0 Å². The lowest BCUT2D eigenvalue weighted by molar-refractivity contribution is 0.194. The summed E-state index contributed by atoms with van der Waals surface area (Å²) in [5.74, 6) is 0. The van der Waals surface area contributed by atoms with Gasteiger partial charge in [-0.05, 0) is 0 Å². The van der Waals surface area contributed by atoms with Gasteiger partial charge in [0.1, 0.15) is 0 Å². The summed E-state index contributed by atoms with van der Waals surface area (Å²) in [6.07, 6.45) is 0. The van der Waals surface area contributed by atoms with Crippen molar-refractivity contribution < 1.29 is 4.74 Å². The van der Waals surface area contributed by atoms with Crippen molar-refractivity contribution in [1.82, 2.24) is 5.32 Å². The zero-order valence-corrected chi connectivity index (χ0v) is 3.03. The molecule has 1 aliphatic heterocycles. The molecule has 0 atom stereocenters. The molecule has 0 aromatic rings. The van der Waals surface area contributed by atoms with Crippen molar-refractivity contribution >= 4 is 8.41 Å². The third-order valence-electron chi connectivity index (χ3n) is 0.627. The second-order valence-corrected chi connectivity index (χ2v) is 1.05. The Morgan fingerprint density at radius 3 is 2.50 bits per heavy atom. The SMILES string of the molecule is B.C1COCN1. The Morgan fingerprint density at radius 1 is 1.50 bits per heavy atom. The van der Waals surface area contributed by atoms with E-state index in [0.717, 1.165) is 19.9 Å². The maximum Gasteiger partial charge on any atom is 0.0966 e. The smallest absolute Gasteiger partial charge is 0.0966 e. The largest absolute Gasteiger partial charge is 0.365 e. The molecule has 3 heteroatoms. The van der Waals surface area contributed by atoms with Crippen molar-refractivity contribution in [2.24, 2.45) is 0 Å². The summed E-state index contributed by atoms with van der Waals surface area (Å²) in [5, 5.41) is 3.00. The Kier molecular flexibility index (Phi) is 3.18. The first-order valence-corrected chi connectivity index (χ1v) is 1.78. The summed E-state index contributed by atoms with van der Waals surface area (Å²) in [6.45, 7) is 2.67. The second-order valence-electron chi connectivity index (χ2n) is 1.05. The molecule has 2 nitrogen and oxygen atoms in total. The summed E-state index contributed by atoms with van der Waals surface area (Å²) in [4.78, 5) is 0. The fourth-order valence-corrected chi connectivity index (χ4v) is 0.361. The molecule has 0 aromatic carbocycles. The van der Waals surface area contributed by atoms with Gasteiger partial charge < -0.3 is 4.74 Å². The highest BCUT2D eigenvalue weighted by Gasteiger charge is 1.92. The molecule has 1 heterocycles. The lowest BCUT2D eigenvalue weighted by Crippen LogP contribution is -2.05. The summed E-state index contributed by atoms with van der Waals surface area (Å²) in [5.41, 5.74) is 0. The van der Waals surface area contributed by atoms with E-state index >= 15 is 0 Å². The van der Waals surface area contributed by atoms with Gasteiger partial charge in [0.2, 0.25) is 0 Å². The molecule has 1 saturated heterocycles. The van der Waals surface area contributed by atoms with E-state index in [9.17, 15) is 0 Å². The van der Waals surface area contributed by atoms with Crippen LogP contribution in [-0.4, -0.2) is 28.3 Å². The van der Waals surface area contributed by atoms with Gasteiger partial charge in [-0.3, -0.25) is 5.32 Å². The van der Waals surface area contributed by atoms with Crippen LogP contribution in [0.2, 0.25) is 0 Å². The Balaban J connectivity index is 0.000000250. The molecule has 0 radical (unpaired) electrons. The maximum atomic E-state index is 4.83. The summed E-state index contributed by atoms with van der Waals surface area (Å²) in [6, 6.07) is 0. The van der Waals surface area contributed by atoms with E-state index in [4.69, 9.17) is 4.74 Å². The molecule has 0 aliphatic carbocycles. The van der Waals surface area contributed by atoms with Crippen molar-refractivity contribution in [2.75, 3.05) is 19.9 Å². The third-order valence-corrected chi connectivity index (χ3v) is 0.627. The van der Waals surface area contributed by atoms with Crippen LogP contribution in [0.4, 0.5) is 0 Å². The Hall–Kier alpha value is -0.0151. The van der Waals surface area contributed by atoms with Crippen LogP contribution in [0, 0.1) is 0 Å². The molecular weight excluding hydrogens is 76.9 g/mol. The van der Waals surface area contributed by atoms with Gasteiger partial charge in [0.25, 0.3) is 0 Å². The topological polar surface area (TPSA) is 21.3 Å². The predicted octanol–water partition coefficient (Wildman–Crippen LogP) is -1.62. The van der Waals surface area contributed by atoms with Crippen LogP contribution in [0.15, 0.2) is 0 Å². The van der Waals surface area contributed by atoms with Crippen LogP contribution in [-0.2, 0) is 4.74 Å². The molecule has 36 valence electrons. The highest BCUT2D eigenvalue weighted by Crippen LogP contribution is 1.75. The highest BCUT2D eigenvalue weighted by atomic mass is 16.5. The molecule has 6 heavy (non-hydrogen) atoms. The van der Waals surface area contributed by atoms with Crippen LogP contribution in [0.3, 0.4) is 0 Å². The van der Waals surface area contributed by atoms with Crippen molar-refractivity contribution in [2.45, 2.75) is 0 Å². The average Bonchev–Trinajstić information content (AvgIpc) is 1.76. The van der Waals surface area contributed by atoms with Gasteiger partial charge in [-0.15, -0.1) is 0 Å². The first-order chi connectivity index (χ1) is 2.50. The van der Waals surface area contributed by atoms with Crippen LogP contribution >= 0.6 is 0 Å². The minimum absolute atomic E-state index is 0. The fourth-order valence-electron chi connectivity index (χ4n) is 0.361. The Labute approximate surface area is 39.4 Å². The first kappa shape index (κ1) is 5.98. The molecule has 0 bridgehead atoms. The van der Waals surface area contributed by atoms with E-state index in [1.807, 2.05) is 0 Å². The molecule has 0 saturated carbocycles. The van der Waals surface area contributed by atoms with Crippen molar-refractivity contribution in [3.8, 4) is 0 Å². The van der Waals surface area contributed by atoms with Crippen LogP contribution < -0.4 is 5.32 Å².